The van der Waals surface area contributed by atoms with Gasteiger partial charge < -0.3 is 4.74 Å². The molecular weight excluding hydrogens is 260 g/mol. The lowest BCUT2D eigenvalue weighted by molar-refractivity contribution is -0.139. The predicted octanol–water partition coefficient (Wildman–Crippen LogP) is 4.60. The van der Waals surface area contributed by atoms with E-state index in [2.05, 4.69) is 30.3 Å². The summed E-state index contributed by atoms with van der Waals surface area (Å²) in [5.41, 5.74) is 2.52. The molecule has 21 heavy (non-hydrogen) atoms. The highest BCUT2D eigenvalue weighted by molar-refractivity contribution is 5.91. The van der Waals surface area contributed by atoms with E-state index >= 15 is 0 Å². The Morgan fingerprint density at radius 3 is 2.48 bits per heavy atom. The fraction of sp³-hybridized carbons (Fsp3) is 0.421. The van der Waals surface area contributed by atoms with Crippen molar-refractivity contribution in [3.8, 4) is 0 Å². The van der Waals surface area contributed by atoms with Gasteiger partial charge in [-0.25, -0.2) is 0 Å². The highest BCUT2D eigenvalue weighted by atomic mass is 16.5. The fourth-order valence-corrected chi connectivity index (χ4v) is 3.54. The highest BCUT2D eigenvalue weighted by Gasteiger charge is 2.19. The molecule has 2 heteroatoms. The van der Waals surface area contributed by atoms with Crippen molar-refractivity contribution in [2.24, 2.45) is 0 Å². The molecule has 0 aromatic heterocycles. The number of hydrogen-bond donors (Lipinski definition) is 0. The summed E-state index contributed by atoms with van der Waals surface area (Å²) in [5.74, 6) is 0.501. The van der Waals surface area contributed by atoms with Gasteiger partial charge in [0.05, 0.1) is 13.5 Å². The second-order valence-electron chi connectivity index (χ2n) is 5.95. The Morgan fingerprint density at radius 2 is 1.76 bits per heavy atom. The summed E-state index contributed by atoms with van der Waals surface area (Å²) in [6.45, 7) is 0. The molecule has 0 unspecified atom stereocenters. The molecule has 2 nitrogen and oxygen atoms in total. The van der Waals surface area contributed by atoms with Crippen molar-refractivity contribution < 1.29 is 9.53 Å². The van der Waals surface area contributed by atoms with Gasteiger partial charge in [-0.05, 0) is 40.7 Å². The van der Waals surface area contributed by atoms with E-state index in [1.54, 1.807) is 0 Å². The molecule has 2 aromatic carbocycles. The van der Waals surface area contributed by atoms with Crippen molar-refractivity contribution in [1.29, 1.82) is 0 Å². The first-order chi connectivity index (χ1) is 10.3. The third-order valence-corrected chi connectivity index (χ3v) is 4.66. The standard InChI is InChI=1S/C19H22O2/c1-21-19(20)13-15-11-12-17(14-7-3-2-4-8-14)18-10-6-5-9-16(15)18/h5-6,9-12,14H,2-4,7-8,13H2,1H3. The van der Waals surface area contributed by atoms with Gasteiger partial charge in [-0.15, -0.1) is 0 Å². The molecule has 0 saturated heterocycles. The van der Waals surface area contributed by atoms with E-state index in [9.17, 15) is 4.79 Å². The van der Waals surface area contributed by atoms with Gasteiger partial charge in [0, 0.05) is 0 Å². The summed E-state index contributed by atoms with van der Waals surface area (Å²) in [6, 6.07) is 12.8. The Morgan fingerprint density at radius 1 is 1.05 bits per heavy atom. The summed E-state index contributed by atoms with van der Waals surface area (Å²) in [6.07, 6.45) is 6.98. The molecule has 110 valence electrons. The number of hydrogen-bond acceptors (Lipinski definition) is 2. The third-order valence-electron chi connectivity index (χ3n) is 4.66. The molecule has 2 aromatic rings. The maximum Gasteiger partial charge on any atom is 0.309 e. The average molecular weight is 282 g/mol. The van der Waals surface area contributed by atoms with Crippen LogP contribution in [0.5, 0.6) is 0 Å². The van der Waals surface area contributed by atoms with Crippen LogP contribution in [-0.2, 0) is 16.0 Å². The van der Waals surface area contributed by atoms with Gasteiger partial charge >= 0.3 is 5.97 Å². The number of carbonyl (C=O) groups is 1. The zero-order chi connectivity index (χ0) is 14.7. The summed E-state index contributed by atoms with van der Waals surface area (Å²) in [4.78, 5) is 11.6. The minimum atomic E-state index is -0.175. The summed E-state index contributed by atoms with van der Waals surface area (Å²) < 4.78 is 4.81. The Balaban J connectivity index is 2.03. The first-order valence-corrected chi connectivity index (χ1v) is 7.87. The molecule has 1 aliphatic rings. The molecule has 0 radical (unpaired) electrons. The number of esters is 1. The Labute approximate surface area is 126 Å². The van der Waals surface area contributed by atoms with Crippen LogP contribution in [0.4, 0.5) is 0 Å². The third kappa shape index (κ3) is 2.94. The van der Waals surface area contributed by atoms with Gasteiger partial charge in [-0.3, -0.25) is 4.79 Å². The van der Waals surface area contributed by atoms with E-state index in [0.29, 0.717) is 12.3 Å². The predicted molar refractivity (Wildman–Crippen MR) is 85.5 cm³/mol. The van der Waals surface area contributed by atoms with Crippen LogP contribution in [0.15, 0.2) is 36.4 Å². The zero-order valence-corrected chi connectivity index (χ0v) is 12.6. The van der Waals surface area contributed by atoms with Crippen LogP contribution in [0.25, 0.3) is 10.8 Å². The van der Waals surface area contributed by atoms with Gasteiger partial charge in [-0.2, -0.15) is 0 Å². The van der Waals surface area contributed by atoms with Crippen LogP contribution in [0.1, 0.15) is 49.1 Å². The number of ether oxygens (including phenoxy) is 1. The van der Waals surface area contributed by atoms with Crippen molar-refractivity contribution >= 4 is 16.7 Å². The molecule has 1 aliphatic carbocycles. The molecule has 0 amide bonds. The largest absolute Gasteiger partial charge is 0.469 e. The summed E-state index contributed by atoms with van der Waals surface area (Å²) in [7, 11) is 1.45. The number of methoxy groups -OCH3 is 1. The smallest absolute Gasteiger partial charge is 0.309 e. The maximum atomic E-state index is 11.6. The molecule has 1 saturated carbocycles. The van der Waals surface area contributed by atoms with Crippen molar-refractivity contribution in [3.63, 3.8) is 0 Å². The van der Waals surface area contributed by atoms with Crippen LogP contribution >= 0.6 is 0 Å². The monoisotopic (exact) mass is 282 g/mol. The van der Waals surface area contributed by atoms with E-state index in [1.807, 2.05) is 6.07 Å². The van der Waals surface area contributed by atoms with Crippen LogP contribution in [-0.4, -0.2) is 13.1 Å². The van der Waals surface area contributed by atoms with Crippen molar-refractivity contribution in [2.75, 3.05) is 7.11 Å². The molecule has 0 N–H and O–H groups in total. The first kappa shape index (κ1) is 14.1. The van der Waals surface area contributed by atoms with Crippen LogP contribution in [0.2, 0.25) is 0 Å². The van der Waals surface area contributed by atoms with Crippen molar-refractivity contribution in [3.05, 3.63) is 47.5 Å². The Hall–Kier alpha value is -1.83. The van der Waals surface area contributed by atoms with Gasteiger partial charge in [0.15, 0.2) is 0 Å². The van der Waals surface area contributed by atoms with Gasteiger partial charge in [-0.1, -0.05) is 55.7 Å². The van der Waals surface area contributed by atoms with Crippen LogP contribution in [0, 0.1) is 0 Å². The summed E-state index contributed by atoms with van der Waals surface area (Å²) in [5, 5.41) is 2.51. The molecule has 0 spiro atoms. The highest BCUT2D eigenvalue weighted by Crippen LogP contribution is 2.37. The average Bonchev–Trinajstić information content (AvgIpc) is 2.56. The first-order valence-electron chi connectivity index (χ1n) is 7.87. The SMILES string of the molecule is COC(=O)Cc1ccc(C2CCCCC2)c2ccccc12. The quantitative estimate of drug-likeness (QED) is 0.769. The minimum absolute atomic E-state index is 0.175. The number of benzene rings is 2. The fourth-order valence-electron chi connectivity index (χ4n) is 3.54. The van der Waals surface area contributed by atoms with E-state index in [4.69, 9.17) is 4.74 Å². The molecule has 0 atom stereocenters. The van der Waals surface area contributed by atoms with Crippen LogP contribution < -0.4 is 0 Å². The van der Waals surface area contributed by atoms with Crippen LogP contribution in [0.3, 0.4) is 0 Å². The second-order valence-corrected chi connectivity index (χ2v) is 5.95. The van der Waals surface area contributed by atoms with E-state index in [-0.39, 0.29) is 5.97 Å². The lowest BCUT2D eigenvalue weighted by Crippen LogP contribution is -2.08. The maximum absolute atomic E-state index is 11.6. The minimum Gasteiger partial charge on any atom is -0.469 e. The summed E-state index contributed by atoms with van der Waals surface area (Å²) >= 11 is 0. The van der Waals surface area contributed by atoms with E-state index in [0.717, 1.165) is 5.56 Å². The zero-order valence-electron chi connectivity index (χ0n) is 12.6. The van der Waals surface area contributed by atoms with E-state index in [1.165, 1.54) is 55.5 Å². The Bertz CT molecular complexity index is 639. The molecule has 0 bridgehead atoms. The number of carbonyl (C=O) groups excluding carboxylic acids is 1. The lowest BCUT2D eigenvalue weighted by Gasteiger charge is -2.24. The number of rotatable bonds is 3. The molecule has 1 fully saturated rings. The lowest BCUT2D eigenvalue weighted by atomic mass is 9.81. The van der Waals surface area contributed by atoms with E-state index < -0.39 is 0 Å². The normalized spacial score (nSPS) is 16.0. The molecular formula is C19H22O2. The number of fused-ring (bicyclic) bond motifs is 1. The molecule has 0 aliphatic heterocycles. The van der Waals surface area contributed by atoms with Crippen molar-refractivity contribution in [1.82, 2.24) is 0 Å². The van der Waals surface area contributed by atoms with Gasteiger partial charge in [0.25, 0.3) is 0 Å². The van der Waals surface area contributed by atoms with Gasteiger partial charge in [0.1, 0.15) is 0 Å². The molecule has 0 heterocycles. The molecule has 3 rings (SSSR count). The Kier molecular flexibility index (Phi) is 4.23. The van der Waals surface area contributed by atoms with Crippen molar-refractivity contribution in [2.45, 2.75) is 44.4 Å². The topological polar surface area (TPSA) is 26.3 Å². The van der Waals surface area contributed by atoms with Gasteiger partial charge in [0.2, 0.25) is 0 Å². The second kappa shape index (κ2) is 6.30.